The van der Waals surface area contributed by atoms with Crippen molar-refractivity contribution >= 4 is 17.1 Å². The van der Waals surface area contributed by atoms with Crippen LogP contribution in [0.5, 0.6) is 11.5 Å². The third-order valence-corrected chi connectivity index (χ3v) is 7.24. The van der Waals surface area contributed by atoms with Crippen molar-refractivity contribution in [1.82, 2.24) is 19.0 Å². The fraction of sp³-hybridized carbons (Fsp3) is 0.333. The molecule has 9 nitrogen and oxygen atoms in total. The van der Waals surface area contributed by atoms with Crippen LogP contribution >= 0.6 is 0 Å². The predicted octanol–water partition coefficient (Wildman–Crippen LogP) is 5.13. The number of likely N-dealkylation sites (tertiary alicyclic amines) is 1. The van der Waals surface area contributed by atoms with Crippen molar-refractivity contribution in [1.29, 1.82) is 0 Å². The fourth-order valence-corrected chi connectivity index (χ4v) is 5.63. The van der Waals surface area contributed by atoms with E-state index in [1.165, 1.54) is 15.7 Å². The Morgan fingerprint density at radius 1 is 1.00 bits per heavy atom. The summed E-state index contributed by atoms with van der Waals surface area (Å²) in [5.41, 5.74) is -0.0150. The highest BCUT2D eigenvalue weighted by atomic mass is 16.5. The molecule has 0 bridgehead atoms. The smallest absolute Gasteiger partial charge is 0.407 e. The molecule has 4 aromatic rings. The first-order chi connectivity index (χ1) is 18.6. The van der Waals surface area contributed by atoms with Crippen LogP contribution in [0.4, 0.5) is 4.79 Å². The number of fused-ring (bicyclic) bond motifs is 1. The lowest BCUT2D eigenvalue weighted by molar-refractivity contribution is 0.0247. The fourth-order valence-electron chi connectivity index (χ4n) is 5.63. The zero-order chi connectivity index (χ0) is 27.7. The number of benzene rings is 2. The topological polar surface area (TPSA) is 107 Å². The summed E-state index contributed by atoms with van der Waals surface area (Å²) in [6.07, 6.45) is 1.55. The first-order valence-corrected chi connectivity index (χ1v) is 13.1. The van der Waals surface area contributed by atoms with Gasteiger partial charge in [-0.3, -0.25) is 13.9 Å². The third-order valence-electron chi connectivity index (χ3n) is 7.24. The molecule has 2 atom stereocenters. The van der Waals surface area contributed by atoms with Crippen LogP contribution < -0.4 is 16.0 Å². The number of amides is 1. The van der Waals surface area contributed by atoms with E-state index in [-0.39, 0.29) is 12.1 Å². The van der Waals surface area contributed by atoms with Gasteiger partial charge in [0, 0.05) is 12.7 Å². The number of aromatic nitrogens is 3. The van der Waals surface area contributed by atoms with Crippen molar-refractivity contribution in [3.05, 3.63) is 99.3 Å². The summed E-state index contributed by atoms with van der Waals surface area (Å²) in [6.45, 7) is 6.39. The average Bonchev–Trinajstić information content (AvgIpc) is 2.92. The standard InChI is InChI=1S/C30H32N4O5/c1-30(2,3)26-24(12-8-18-32(26)29(37)38)34-27(35)25-23(11-7-17-31-25)33(28(34)36)19-20-13-15-22(16-14-20)39-21-9-5-4-6-10-21/h4-7,9-11,13-17,24,26H,8,12,18-19H2,1-3H3,(H,37,38). The van der Waals surface area contributed by atoms with Gasteiger partial charge in [0.1, 0.15) is 11.5 Å². The van der Waals surface area contributed by atoms with Gasteiger partial charge in [-0.25, -0.2) is 14.6 Å². The number of carbonyl (C=O) groups is 1. The Labute approximate surface area is 225 Å². The van der Waals surface area contributed by atoms with Crippen molar-refractivity contribution in [2.45, 2.75) is 52.2 Å². The molecule has 9 heteroatoms. The molecule has 2 unspecified atom stereocenters. The molecule has 1 saturated heterocycles. The Bertz CT molecular complexity index is 1600. The van der Waals surface area contributed by atoms with Crippen molar-refractivity contribution in [3.8, 4) is 11.5 Å². The van der Waals surface area contributed by atoms with Gasteiger partial charge in [-0.2, -0.15) is 0 Å². The molecule has 5 rings (SSSR count). The third kappa shape index (κ3) is 5.16. The maximum Gasteiger partial charge on any atom is 0.407 e. The number of nitrogens with zero attached hydrogens (tertiary/aromatic N) is 4. The Morgan fingerprint density at radius 3 is 2.36 bits per heavy atom. The normalized spacial score (nSPS) is 17.8. The van der Waals surface area contributed by atoms with E-state index in [4.69, 9.17) is 4.74 Å². The SMILES string of the molecule is CC(C)(C)C1C(n2c(=O)c3ncccc3n(Cc3ccc(Oc4ccccc4)cc3)c2=O)CCCN1C(=O)O. The minimum absolute atomic E-state index is 0.182. The highest BCUT2D eigenvalue weighted by Crippen LogP contribution is 2.38. The lowest BCUT2D eigenvalue weighted by atomic mass is 9.77. The molecule has 1 fully saturated rings. The average molecular weight is 529 g/mol. The number of rotatable bonds is 5. The Hall–Kier alpha value is -4.40. The van der Waals surface area contributed by atoms with Crippen molar-refractivity contribution in [2.75, 3.05) is 6.54 Å². The molecule has 1 N–H and O–H groups in total. The van der Waals surface area contributed by atoms with Crippen LogP contribution in [0, 0.1) is 5.41 Å². The molecule has 202 valence electrons. The van der Waals surface area contributed by atoms with E-state index in [9.17, 15) is 19.5 Å². The molecule has 1 aliphatic heterocycles. The van der Waals surface area contributed by atoms with Gasteiger partial charge in [0.2, 0.25) is 0 Å². The molecule has 0 radical (unpaired) electrons. The van der Waals surface area contributed by atoms with Crippen molar-refractivity contribution in [3.63, 3.8) is 0 Å². The molecule has 39 heavy (non-hydrogen) atoms. The number of hydrogen-bond acceptors (Lipinski definition) is 5. The quantitative estimate of drug-likeness (QED) is 0.385. The summed E-state index contributed by atoms with van der Waals surface area (Å²) in [5, 5.41) is 9.94. The van der Waals surface area contributed by atoms with Crippen LogP contribution in [-0.2, 0) is 6.54 Å². The van der Waals surface area contributed by atoms with E-state index in [0.29, 0.717) is 30.7 Å². The van der Waals surface area contributed by atoms with E-state index < -0.39 is 34.8 Å². The van der Waals surface area contributed by atoms with Gasteiger partial charge in [-0.15, -0.1) is 0 Å². The monoisotopic (exact) mass is 528 g/mol. The summed E-state index contributed by atoms with van der Waals surface area (Å²) >= 11 is 0. The number of hydrogen-bond donors (Lipinski definition) is 1. The first-order valence-electron chi connectivity index (χ1n) is 13.1. The summed E-state index contributed by atoms with van der Waals surface area (Å²) in [7, 11) is 0. The zero-order valence-corrected chi connectivity index (χ0v) is 22.3. The number of para-hydroxylation sites is 1. The summed E-state index contributed by atoms with van der Waals surface area (Å²) < 4.78 is 8.68. The van der Waals surface area contributed by atoms with E-state index in [0.717, 1.165) is 11.3 Å². The summed E-state index contributed by atoms with van der Waals surface area (Å²) in [4.78, 5) is 45.7. The maximum atomic E-state index is 14.1. The molecule has 0 spiro atoms. The van der Waals surface area contributed by atoms with Crippen LogP contribution in [0.2, 0.25) is 0 Å². The Kier molecular flexibility index (Phi) is 6.99. The Morgan fingerprint density at radius 2 is 1.69 bits per heavy atom. The lowest BCUT2D eigenvalue weighted by Crippen LogP contribution is -2.58. The van der Waals surface area contributed by atoms with Crippen LogP contribution in [0.3, 0.4) is 0 Å². The molecule has 3 heterocycles. The van der Waals surface area contributed by atoms with Gasteiger partial charge in [-0.05, 0) is 60.2 Å². The van der Waals surface area contributed by atoms with Crippen LogP contribution in [0.15, 0.2) is 82.5 Å². The highest BCUT2D eigenvalue weighted by molar-refractivity contribution is 5.73. The van der Waals surface area contributed by atoms with E-state index in [1.807, 2.05) is 75.4 Å². The lowest BCUT2D eigenvalue weighted by Gasteiger charge is -2.46. The van der Waals surface area contributed by atoms with Gasteiger partial charge < -0.3 is 14.7 Å². The second-order valence-corrected chi connectivity index (χ2v) is 11.0. The van der Waals surface area contributed by atoms with Crippen LogP contribution in [0.1, 0.15) is 45.2 Å². The second-order valence-electron chi connectivity index (χ2n) is 11.0. The van der Waals surface area contributed by atoms with Crippen LogP contribution in [-0.4, -0.2) is 42.8 Å². The highest BCUT2D eigenvalue weighted by Gasteiger charge is 2.44. The van der Waals surface area contributed by atoms with Crippen LogP contribution in [0.25, 0.3) is 11.0 Å². The maximum absolute atomic E-state index is 14.1. The molecule has 2 aromatic carbocycles. The molecule has 0 saturated carbocycles. The largest absolute Gasteiger partial charge is 0.465 e. The van der Waals surface area contributed by atoms with E-state index in [1.54, 1.807) is 16.7 Å². The van der Waals surface area contributed by atoms with Crippen molar-refractivity contribution in [2.24, 2.45) is 5.41 Å². The summed E-state index contributed by atoms with van der Waals surface area (Å²) in [5.74, 6) is 1.39. The first kappa shape index (κ1) is 26.2. The van der Waals surface area contributed by atoms with E-state index >= 15 is 0 Å². The predicted molar refractivity (Wildman–Crippen MR) is 149 cm³/mol. The Balaban J connectivity index is 1.58. The zero-order valence-electron chi connectivity index (χ0n) is 22.3. The molecular weight excluding hydrogens is 496 g/mol. The molecule has 1 aliphatic rings. The van der Waals surface area contributed by atoms with Gasteiger partial charge in [0.05, 0.1) is 24.1 Å². The van der Waals surface area contributed by atoms with Crippen molar-refractivity contribution < 1.29 is 14.6 Å². The molecule has 1 amide bonds. The number of pyridine rings is 1. The van der Waals surface area contributed by atoms with Gasteiger partial charge >= 0.3 is 11.8 Å². The summed E-state index contributed by atoms with van der Waals surface area (Å²) in [6, 6.07) is 19.1. The number of ether oxygens (including phenoxy) is 1. The van der Waals surface area contributed by atoms with E-state index in [2.05, 4.69) is 4.98 Å². The number of piperidine rings is 1. The van der Waals surface area contributed by atoms with Gasteiger partial charge in [0.25, 0.3) is 5.56 Å². The number of carboxylic acid groups (broad SMARTS) is 1. The van der Waals surface area contributed by atoms with Gasteiger partial charge in [-0.1, -0.05) is 51.1 Å². The minimum Gasteiger partial charge on any atom is -0.465 e. The molecule has 2 aromatic heterocycles. The minimum atomic E-state index is -1.05. The molecule has 0 aliphatic carbocycles. The van der Waals surface area contributed by atoms with Gasteiger partial charge in [0.15, 0.2) is 5.52 Å². The molecular formula is C30H32N4O5. The second kappa shape index (κ2) is 10.4.